The first kappa shape index (κ1) is 13.2. The van der Waals surface area contributed by atoms with Gasteiger partial charge in [0.1, 0.15) is 6.35 Å². The molecule has 3 atom stereocenters. The summed E-state index contributed by atoms with van der Waals surface area (Å²) in [5, 5.41) is 0. The molecule has 0 saturated carbocycles. The van der Waals surface area contributed by atoms with Crippen molar-refractivity contribution < 1.29 is 18.6 Å². The van der Waals surface area contributed by atoms with Crippen LogP contribution in [0, 0.1) is 0 Å². The van der Waals surface area contributed by atoms with Gasteiger partial charge in [-0.2, -0.15) is 0 Å². The molecule has 0 radical (unpaired) electrons. The zero-order chi connectivity index (χ0) is 11.5. The smallest absolute Gasteiger partial charge is 0.225 e. The quantitative estimate of drug-likeness (QED) is 0.688. The van der Waals surface area contributed by atoms with E-state index in [0.717, 1.165) is 6.42 Å². The predicted octanol–water partition coefficient (Wildman–Crippen LogP) is 2.47. The Hall–Kier alpha value is 0.110. The van der Waals surface area contributed by atoms with Gasteiger partial charge in [0.2, 0.25) is 7.37 Å². The second-order valence-corrected chi connectivity index (χ2v) is 6.96. The molecule has 0 spiro atoms. The van der Waals surface area contributed by atoms with Crippen LogP contribution in [0.2, 0.25) is 0 Å². The normalized spacial score (nSPS) is 30.7. The van der Waals surface area contributed by atoms with Gasteiger partial charge in [0.15, 0.2) is 0 Å². The van der Waals surface area contributed by atoms with Crippen LogP contribution in [0.4, 0.5) is 0 Å². The third-order valence-corrected chi connectivity index (χ3v) is 3.63. The van der Waals surface area contributed by atoms with E-state index in [9.17, 15) is 4.57 Å². The van der Waals surface area contributed by atoms with E-state index in [1.165, 1.54) is 0 Å². The maximum atomic E-state index is 11.9. The topological polar surface area (TPSA) is 44.8 Å². The zero-order valence-electron chi connectivity index (χ0n) is 9.93. The molecule has 0 aromatic rings. The van der Waals surface area contributed by atoms with Crippen LogP contribution < -0.4 is 0 Å². The fraction of sp³-hybridized carbons (Fsp3) is 1.00. The molecule has 4 nitrogen and oxygen atoms in total. The molecule has 0 amide bonds. The summed E-state index contributed by atoms with van der Waals surface area (Å²) in [5.74, 6) is 0. The van der Waals surface area contributed by atoms with Crippen molar-refractivity contribution in [1.29, 1.82) is 0 Å². The van der Waals surface area contributed by atoms with E-state index < -0.39 is 7.37 Å². The van der Waals surface area contributed by atoms with Crippen LogP contribution in [-0.2, 0) is 18.6 Å². The molecule has 90 valence electrons. The first-order valence-electron chi connectivity index (χ1n) is 5.37. The summed E-state index contributed by atoms with van der Waals surface area (Å²) >= 11 is 0. The average molecular weight is 236 g/mol. The second kappa shape index (κ2) is 5.44. The van der Waals surface area contributed by atoms with Crippen LogP contribution >= 0.6 is 7.37 Å². The highest BCUT2D eigenvalue weighted by Gasteiger charge is 2.26. The molecular formula is C10H21O4P. The zero-order valence-corrected chi connectivity index (χ0v) is 10.8. The van der Waals surface area contributed by atoms with Crippen LogP contribution in [0.15, 0.2) is 0 Å². The van der Waals surface area contributed by atoms with Crippen LogP contribution in [-0.4, -0.2) is 37.9 Å². The minimum atomic E-state index is -2.60. The lowest BCUT2D eigenvalue weighted by Gasteiger charge is -2.18. The Kier molecular flexibility index (Phi) is 4.78. The Labute approximate surface area is 91.7 Å². The number of rotatable bonds is 5. The highest BCUT2D eigenvalue weighted by atomic mass is 31.2. The molecule has 15 heavy (non-hydrogen) atoms. The van der Waals surface area contributed by atoms with Crippen LogP contribution in [0.1, 0.15) is 27.2 Å². The van der Waals surface area contributed by atoms with Crippen LogP contribution in [0.3, 0.4) is 0 Å². The summed E-state index contributed by atoms with van der Waals surface area (Å²) in [6.07, 6.45) is 1.36. The van der Waals surface area contributed by atoms with Crippen molar-refractivity contribution >= 4 is 7.37 Å². The first-order chi connectivity index (χ1) is 6.89. The number of ether oxygens (including phenoxy) is 2. The highest BCUT2D eigenvalue weighted by Crippen LogP contribution is 2.44. The summed E-state index contributed by atoms with van der Waals surface area (Å²) in [6, 6.07) is 0. The molecule has 1 unspecified atom stereocenters. The maximum absolute atomic E-state index is 11.9. The fourth-order valence-corrected chi connectivity index (χ4v) is 3.05. The van der Waals surface area contributed by atoms with Gasteiger partial charge >= 0.3 is 0 Å². The minimum Gasteiger partial charge on any atom is -0.376 e. The van der Waals surface area contributed by atoms with Gasteiger partial charge in [-0.1, -0.05) is 0 Å². The van der Waals surface area contributed by atoms with E-state index in [2.05, 4.69) is 0 Å². The SMILES string of the molecule is CC(C)OP(C)(=O)CO[C@H]1CO[C@@H](C)C1. The molecule has 1 saturated heterocycles. The average Bonchev–Trinajstić information content (AvgIpc) is 2.46. The lowest BCUT2D eigenvalue weighted by atomic mass is 10.2. The molecule has 1 fully saturated rings. The van der Waals surface area contributed by atoms with Gasteiger partial charge in [0, 0.05) is 13.1 Å². The van der Waals surface area contributed by atoms with Gasteiger partial charge in [-0.05, 0) is 20.8 Å². The lowest BCUT2D eigenvalue weighted by molar-refractivity contribution is 0.0558. The largest absolute Gasteiger partial charge is 0.376 e. The van der Waals surface area contributed by atoms with Crippen molar-refractivity contribution in [3.8, 4) is 0 Å². The van der Waals surface area contributed by atoms with Gasteiger partial charge < -0.3 is 14.0 Å². The summed E-state index contributed by atoms with van der Waals surface area (Å²) < 4.78 is 28.1. The third-order valence-electron chi connectivity index (χ3n) is 2.14. The van der Waals surface area contributed by atoms with Crippen molar-refractivity contribution in [3.05, 3.63) is 0 Å². The van der Waals surface area contributed by atoms with Gasteiger partial charge in [-0.25, -0.2) is 0 Å². The van der Waals surface area contributed by atoms with Gasteiger partial charge in [-0.15, -0.1) is 0 Å². The lowest BCUT2D eigenvalue weighted by Crippen LogP contribution is -2.15. The Morgan fingerprint density at radius 3 is 2.67 bits per heavy atom. The van der Waals surface area contributed by atoms with Crippen molar-refractivity contribution in [2.45, 2.75) is 45.5 Å². The monoisotopic (exact) mass is 236 g/mol. The Bertz CT molecular complexity index is 242. The van der Waals surface area contributed by atoms with Crippen LogP contribution in [0.25, 0.3) is 0 Å². The molecule has 0 aromatic carbocycles. The first-order valence-corrected chi connectivity index (χ1v) is 7.63. The summed E-state index contributed by atoms with van der Waals surface area (Å²) in [4.78, 5) is 0. The van der Waals surface area contributed by atoms with Crippen molar-refractivity contribution in [2.24, 2.45) is 0 Å². The molecular weight excluding hydrogens is 215 g/mol. The maximum Gasteiger partial charge on any atom is 0.225 e. The van der Waals surface area contributed by atoms with Gasteiger partial charge in [0.25, 0.3) is 0 Å². The van der Waals surface area contributed by atoms with Gasteiger partial charge in [0.05, 0.1) is 24.9 Å². The Morgan fingerprint density at radius 2 is 2.20 bits per heavy atom. The van der Waals surface area contributed by atoms with Crippen LogP contribution in [0.5, 0.6) is 0 Å². The van der Waals surface area contributed by atoms with E-state index in [1.54, 1.807) is 6.66 Å². The van der Waals surface area contributed by atoms with E-state index in [1.807, 2.05) is 20.8 Å². The fourth-order valence-electron chi connectivity index (χ4n) is 1.61. The molecule has 1 aliphatic rings. The molecule has 0 bridgehead atoms. The van der Waals surface area contributed by atoms with E-state index in [4.69, 9.17) is 14.0 Å². The molecule has 1 rings (SSSR count). The molecule has 0 N–H and O–H groups in total. The van der Waals surface area contributed by atoms with E-state index in [-0.39, 0.29) is 24.7 Å². The second-order valence-electron chi connectivity index (χ2n) is 4.47. The summed E-state index contributed by atoms with van der Waals surface area (Å²) in [7, 11) is -2.60. The van der Waals surface area contributed by atoms with E-state index in [0.29, 0.717) is 6.61 Å². The molecule has 5 heteroatoms. The molecule has 1 heterocycles. The summed E-state index contributed by atoms with van der Waals surface area (Å²) in [5.41, 5.74) is 0. The Morgan fingerprint density at radius 1 is 1.53 bits per heavy atom. The standard InChI is InChI=1S/C10H21O4P/c1-8(2)14-15(4,11)7-13-10-5-9(3)12-6-10/h8-10H,5-7H2,1-4H3/t9-,10+,15?/m0/s1. The van der Waals surface area contributed by atoms with Crippen molar-refractivity contribution in [3.63, 3.8) is 0 Å². The van der Waals surface area contributed by atoms with Crippen molar-refractivity contribution in [2.75, 3.05) is 19.6 Å². The van der Waals surface area contributed by atoms with Gasteiger partial charge in [-0.3, -0.25) is 4.57 Å². The van der Waals surface area contributed by atoms with E-state index >= 15 is 0 Å². The number of hydrogen-bond acceptors (Lipinski definition) is 4. The predicted molar refractivity (Wildman–Crippen MR) is 59.5 cm³/mol. The third kappa shape index (κ3) is 5.12. The summed E-state index contributed by atoms with van der Waals surface area (Å²) in [6.45, 7) is 7.97. The highest BCUT2D eigenvalue weighted by molar-refractivity contribution is 7.57. The van der Waals surface area contributed by atoms with Crippen molar-refractivity contribution in [1.82, 2.24) is 0 Å². The molecule has 0 aliphatic carbocycles. The Balaban J connectivity index is 2.27. The number of hydrogen-bond donors (Lipinski definition) is 0. The molecule has 0 aromatic heterocycles. The molecule has 1 aliphatic heterocycles. The minimum absolute atomic E-state index is 0.0248.